The molecule has 1 aliphatic heterocycles. The molecule has 0 aromatic heterocycles. The number of carboxylic acids is 1. The zero-order valence-electron chi connectivity index (χ0n) is 21.3. The van der Waals surface area contributed by atoms with Crippen molar-refractivity contribution in [2.24, 2.45) is 5.73 Å². The van der Waals surface area contributed by atoms with Crippen LogP contribution in [0, 0.1) is 5.41 Å². The Hall–Kier alpha value is -4.39. The standard InChI is InChI=1S/C31H33N3O4/c32-30(33)34-21-19-31(20-22-34,18-17-27(35)36)26-14-8-7-9-23(26)15-16-28(37)38-29(24-10-3-1-4-11-24)25-12-5-2-6-13-25/h1-16,29H,17-22H2,(H3,32,33)(H,35,36). The second-order valence-electron chi connectivity index (χ2n) is 9.61. The van der Waals surface area contributed by atoms with E-state index in [0.29, 0.717) is 32.4 Å². The van der Waals surface area contributed by atoms with E-state index in [1.165, 1.54) is 6.08 Å². The predicted molar refractivity (Wildman–Crippen MR) is 148 cm³/mol. The highest BCUT2D eigenvalue weighted by Gasteiger charge is 2.38. The van der Waals surface area contributed by atoms with Gasteiger partial charge >= 0.3 is 11.9 Å². The normalized spacial score (nSPS) is 14.9. The van der Waals surface area contributed by atoms with Crippen LogP contribution in [-0.4, -0.2) is 41.0 Å². The highest BCUT2D eigenvalue weighted by Crippen LogP contribution is 2.41. The molecule has 4 N–H and O–H groups in total. The Balaban J connectivity index is 1.59. The van der Waals surface area contributed by atoms with Gasteiger partial charge in [-0.1, -0.05) is 84.9 Å². The summed E-state index contributed by atoms with van der Waals surface area (Å²) >= 11 is 0. The fraction of sp³-hybridized carbons (Fsp3) is 0.258. The fourth-order valence-electron chi connectivity index (χ4n) is 5.20. The van der Waals surface area contributed by atoms with Gasteiger partial charge in [0.2, 0.25) is 0 Å². The number of carboxylic acid groups (broad SMARTS) is 1. The summed E-state index contributed by atoms with van der Waals surface area (Å²) in [6.07, 6.45) is 4.49. The molecule has 0 amide bonds. The number of ether oxygens (including phenoxy) is 1. The van der Waals surface area contributed by atoms with Crippen molar-refractivity contribution in [3.63, 3.8) is 0 Å². The minimum atomic E-state index is -0.845. The van der Waals surface area contributed by atoms with Gasteiger partial charge in [0.15, 0.2) is 12.1 Å². The van der Waals surface area contributed by atoms with Gasteiger partial charge in [0, 0.05) is 25.6 Å². The van der Waals surface area contributed by atoms with Crippen molar-refractivity contribution in [3.8, 4) is 0 Å². The minimum Gasteiger partial charge on any atom is -0.481 e. The van der Waals surface area contributed by atoms with E-state index in [2.05, 4.69) is 0 Å². The summed E-state index contributed by atoms with van der Waals surface area (Å²) in [4.78, 5) is 26.3. The molecule has 0 radical (unpaired) electrons. The Morgan fingerprint density at radius 3 is 2.05 bits per heavy atom. The molecule has 0 aliphatic carbocycles. The van der Waals surface area contributed by atoms with Crippen LogP contribution in [0.2, 0.25) is 0 Å². The third-order valence-electron chi connectivity index (χ3n) is 7.25. The quantitative estimate of drug-likeness (QED) is 0.159. The first-order valence-electron chi connectivity index (χ1n) is 12.8. The highest BCUT2D eigenvalue weighted by atomic mass is 16.5. The maximum absolute atomic E-state index is 13.0. The van der Waals surface area contributed by atoms with E-state index >= 15 is 0 Å². The molecule has 1 saturated heterocycles. The molecular formula is C31H33N3O4. The van der Waals surface area contributed by atoms with Gasteiger partial charge in [-0.25, -0.2) is 4.79 Å². The molecule has 0 unspecified atom stereocenters. The van der Waals surface area contributed by atoms with E-state index in [1.807, 2.05) is 89.8 Å². The molecule has 0 saturated carbocycles. The monoisotopic (exact) mass is 511 g/mol. The summed E-state index contributed by atoms with van der Waals surface area (Å²) in [5, 5.41) is 17.2. The summed E-state index contributed by atoms with van der Waals surface area (Å²) in [7, 11) is 0. The molecule has 4 rings (SSSR count). The van der Waals surface area contributed by atoms with Crippen molar-refractivity contribution in [2.75, 3.05) is 13.1 Å². The van der Waals surface area contributed by atoms with Gasteiger partial charge in [0.1, 0.15) is 0 Å². The first-order chi connectivity index (χ1) is 18.4. The molecule has 38 heavy (non-hydrogen) atoms. The van der Waals surface area contributed by atoms with Crippen LogP contribution in [0.15, 0.2) is 91.0 Å². The molecule has 0 bridgehead atoms. The predicted octanol–water partition coefficient (Wildman–Crippen LogP) is 5.12. The lowest BCUT2D eigenvalue weighted by Gasteiger charge is -2.43. The van der Waals surface area contributed by atoms with Crippen LogP contribution in [0.5, 0.6) is 0 Å². The van der Waals surface area contributed by atoms with Gasteiger partial charge in [-0.3, -0.25) is 10.2 Å². The van der Waals surface area contributed by atoms with Gasteiger partial charge in [-0.05, 0) is 53.0 Å². The maximum atomic E-state index is 13.0. The summed E-state index contributed by atoms with van der Waals surface area (Å²) < 4.78 is 5.93. The number of hydrogen-bond donors (Lipinski definition) is 3. The van der Waals surface area contributed by atoms with E-state index in [-0.39, 0.29) is 12.4 Å². The van der Waals surface area contributed by atoms with Crippen LogP contribution in [0.25, 0.3) is 6.08 Å². The number of hydrogen-bond acceptors (Lipinski definition) is 4. The van der Waals surface area contributed by atoms with Crippen LogP contribution in [0.3, 0.4) is 0 Å². The van der Waals surface area contributed by atoms with Gasteiger partial charge < -0.3 is 20.5 Å². The molecule has 196 valence electrons. The Morgan fingerprint density at radius 1 is 0.947 bits per heavy atom. The first kappa shape index (κ1) is 26.7. The van der Waals surface area contributed by atoms with Gasteiger partial charge in [0.05, 0.1) is 0 Å². The number of benzene rings is 3. The third kappa shape index (κ3) is 6.48. The number of carbonyl (C=O) groups excluding carboxylic acids is 1. The maximum Gasteiger partial charge on any atom is 0.331 e. The number of nitrogens with one attached hydrogen (secondary N) is 1. The van der Waals surface area contributed by atoms with Crippen molar-refractivity contribution in [1.29, 1.82) is 5.41 Å². The zero-order chi connectivity index (χ0) is 27.0. The molecular weight excluding hydrogens is 478 g/mol. The molecule has 3 aromatic carbocycles. The molecule has 1 heterocycles. The number of carbonyl (C=O) groups is 2. The number of rotatable bonds is 9. The number of guanidine groups is 1. The number of likely N-dealkylation sites (tertiary alicyclic amines) is 1. The second-order valence-corrected chi connectivity index (χ2v) is 9.61. The fourth-order valence-corrected chi connectivity index (χ4v) is 5.20. The lowest BCUT2D eigenvalue weighted by molar-refractivity contribution is -0.141. The summed E-state index contributed by atoms with van der Waals surface area (Å²) in [6, 6.07) is 27.0. The number of nitrogens with two attached hydrogens (primary N) is 1. The van der Waals surface area contributed by atoms with E-state index in [9.17, 15) is 14.7 Å². The van der Waals surface area contributed by atoms with E-state index in [0.717, 1.165) is 22.3 Å². The van der Waals surface area contributed by atoms with E-state index in [1.54, 1.807) is 6.08 Å². The molecule has 1 fully saturated rings. The second kappa shape index (κ2) is 12.2. The molecule has 7 heteroatoms. The summed E-state index contributed by atoms with van der Waals surface area (Å²) in [6.45, 7) is 1.15. The summed E-state index contributed by atoms with van der Waals surface area (Å²) in [5.41, 5.74) is 8.91. The molecule has 1 aliphatic rings. The van der Waals surface area contributed by atoms with Crippen LogP contribution >= 0.6 is 0 Å². The number of esters is 1. The zero-order valence-corrected chi connectivity index (χ0v) is 21.3. The largest absolute Gasteiger partial charge is 0.481 e. The Bertz CT molecular complexity index is 1240. The third-order valence-corrected chi connectivity index (χ3v) is 7.25. The molecule has 0 atom stereocenters. The Labute approximate surface area is 223 Å². The SMILES string of the molecule is N=C(N)N1CCC(CCC(=O)O)(c2ccccc2C=CC(=O)OC(c2ccccc2)c2ccccc2)CC1. The van der Waals surface area contributed by atoms with Crippen molar-refractivity contribution < 1.29 is 19.4 Å². The van der Waals surface area contributed by atoms with Crippen LogP contribution in [0.4, 0.5) is 0 Å². The van der Waals surface area contributed by atoms with Crippen molar-refractivity contribution in [3.05, 3.63) is 113 Å². The Kier molecular flexibility index (Phi) is 8.58. The van der Waals surface area contributed by atoms with E-state index < -0.39 is 23.5 Å². The highest BCUT2D eigenvalue weighted by molar-refractivity contribution is 5.87. The lowest BCUT2D eigenvalue weighted by Crippen LogP contribution is -2.47. The summed E-state index contributed by atoms with van der Waals surface area (Å²) in [5.74, 6) is -1.29. The van der Waals surface area contributed by atoms with Gasteiger partial charge in [-0.2, -0.15) is 0 Å². The van der Waals surface area contributed by atoms with Gasteiger partial charge in [-0.15, -0.1) is 0 Å². The minimum absolute atomic E-state index is 0.0270. The Morgan fingerprint density at radius 2 is 1.50 bits per heavy atom. The topological polar surface area (TPSA) is 117 Å². The number of piperidine rings is 1. The average Bonchev–Trinajstić information content (AvgIpc) is 2.95. The molecule has 0 spiro atoms. The van der Waals surface area contributed by atoms with Crippen molar-refractivity contribution in [1.82, 2.24) is 4.90 Å². The van der Waals surface area contributed by atoms with Crippen LogP contribution < -0.4 is 5.73 Å². The smallest absolute Gasteiger partial charge is 0.331 e. The van der Waals surface area contributed by atoms with Crippen molar-refractivity contribution in [2.45, 2.75) is 37.2 Å². The van der Waals surface area contributed by atoms with E-state index in [4.69, 9.17) is 15.9 Å². The first-order valence-corrected chi connectivity index (χ1v) is 12.8. The molecule has 7 nitrogen and oxygen atoms in total. The van der Waals surface area contributed by atoms with Crippen LogP contribution in [0.1, 0.15) is 54.0 Å². The van der Waals surface area contributed by atoms with Crippen LogP contribution in [-0.2, 0) is 19.7 Å². The molecule has 3 aromatic rings. The van der Waals surface area contributed by atoms with Crippen molar-refractivity contribution >= 4 is 24.0 Å². The lowest BCUT2D eigenvalue weighted by atomic mass is 9.68. The van der Waals surface area contributed by atoms with Gasteiger partial charge in [0.25, 0.3) is 0 Å². The number of aliphatic carboxylic acids is 1. The number of nitrogens with zero attached hydrogens (tertiary/aromatic N) is 1. The average molecular weight is 512 g/mol.